The van der Waals surface area contributed by atoms with Gasteiger partial charge in [-0.3, -0.25) is 4.79 Å². The van der Waals surface area contributed by atoms with Crippen molar-refractivity contribution in [1.29, 1.82) is 0 Å². The first-order chi connectivity index (χ1) is 14.2. The summed E-state index contributed by atoms with van der Waals surface area (Å²) in [5, 5.41) is 14.0. The molecule has 1 N–H and O–H groups in total. The minimum atomic E-state index is -3.64. The quantitative estimate of drug-likeness (QED) is 0.489. The summed E-state index contributed by atoms with van der Waals surface area (Å²) in [4.78, 5) is 13.5. The van der Waals surface area contributed by atoms with E-state index in [1.807, 2.05) is 29.0 Å². The van der Waals surface area contributed by atoms with E-state index >= 15 is 0 Å². The summed E-state index contributed by atoms with van der Waals surface area (Å²) < 4.78 is 27.7. The summed E-state index contributed by atoms with van der Waals surface area (Å²) in [6.07, 6.45) is 0. The van der Waals surface area contributed by atoms with E-state index in [2.05, 4.69) is 15.5 Å². The number of carbonyl (C=O) groups is 1. The Balaban J connectivity index is 1.72. The predicted molar refractivity (Wildman–Crippen MR) is 121 cm³/mol. The summed E-state index contributed by atoms with van der Waals surface area (Å²) in [5.74, 6) is 0.508. The van der Waals surface area contributed by atoms with Crippen molar-refractivity contribution in [1.82, 2.24) is 19.1 Å². The van der Waals surface area contributed by atoms with Gasteiger partial charge in [-0.25, -0.2) is 12.7 Å². The van der Waals surface area contributed by atoms with Gasteiger partial charge in [-0.2, -0.15) is 0 Å². The fourth-order valence-electron chi connectivity index (χ4n) is 2.56. The van der Waals surface area contributed by atoms with Crippen molar-refractivity contribution in [3.05, 3.63) is 40.7 Å². The minimum absolute atomic E-state index is 0.0474. The Morgan fingerprint density at radius 1 is 1.30 bits per heavy atom. The third-order valence-electron chi connectivity index (χ3n) is 4.10. The fourth-order valence-corrected chi connectivity index (χ4v) is 5.17. The number of thiophene rings is 1. The van der Waals surface area contributed by atoms with Gasteiger partial charge in [0.05, 0.1) is 26.2 Å². The van der Waals surface area contributed by atoms with E-state index in [9.17, 15) is 13.2 Å². The van der Waals surface area contributed by atoms with Gasteiger partial charge in [-0.1, -0.05) is 29.4 Å². The highest BCUT2D eigenvalue weighted by molar-refractivity contribution is 7.99. The van der Waals surface area contributed by atoms with Crippen LogP contribution in [0.4, 0.5) is 5.69 Å². The Hall–Kier alpha value is -1.92. The van der Waals surface area contributed by atoms with Crippen molar-refractivity contribution >= 4 is 56.3 Å². The van der Waals surface area contributed by atoms with Gasteiger partial charge in [0.2, 0.25) is 15.9 Å². The van der Waals surface area contributed by atoms with Gasteiger partial charge in [0.25, 0.3) is 0 Å². The Labute approximate surface area is 188 Å². The Bertz CT molecular complexity index is 1140. The summed E-state index contributed by atoms with van der Waals surface area (Å²) in [5.41, 5.74) is 0.237. The highest BCUT2D eigenvalue weighted by Gasteiger charge is 2.20. The summed E-state index contributed by atoms with van der Waals surface area (Å²) in [6, 6.07) is 8.12. The molecule has 0 saturated carbocycles. The smallest absolute Gasteiger partial charge is 0.242 e. The van der Waals surface area contributed by atoms with E-state index in [1.54, 1.807) is 11.3 Å². The first-order valence-corrected chi connectivity index (χ1v) is 12.5. The number of hydrogen-bond acceptors (Lipinski definition) is 7. The molecule has 2 aromatic heterocycles. The Morgan fingerprint density at radius 2 is 2.07 bits per heavy atom. The molecule has 0 radical (unpaired) electrons. The SMILES string of the molecule is CCn1c(SCC(=O)Nc2cc(S(=O)(=O)N(C)C)ccc2Cl)nnc1-c1cccs1. The molecule has 0 unspecified atom stereocenters. The summed E-state index contributed by atoms with van der Waals surface area (Å²) >= 11 is 8.96. The zero-order valence-electron chi connectivity index (χ0n) is 16.5. The maximum Gasteiger partial charge on any atom is 0.242 e. The first-order valence-electron chi connectivity index (χ1n) is 8.85. The lowest BCUT2D eigenvalue weighted by atomic mass is 10.3. The molecule has 0 aliphatic rings. The summed E-state index contributed by atoms with van der Waals surface area (Å²) in [6.45, 7) is 2.65. The third kappa shape index (κ3) is 4.86. The highest BCUT2D eigenvalue weighted by atomic mass is 35.5. The number of rotatable bonds is 8. The van der Waals surface area contributed by atoms with Gasteiger partial charge in [0.1, 0.15) is 0 Å². The molecule has 8 nitrogen and oxygen atoms in total. The van der Waals surface area contributed by atoms with Gasteiger partial charge < -0.3 is 9.88 Å². The molecule has 0 aliphatic heterocycles. The highest BCUT2D eigenvalue weighted by Crippen LogP contribution is 2.29. The molecule has 160 valence electrons. The normalized spacial score (nSPS) is 11.8. The van der Waals surface area contributed by atoms with Gasteiger partial charge >= 0.3 is 0 Å². The standard InChI is InChI=1S/C18H20ClN5O3S3/c1-4-24-17(15-6-5-9-28-15)21-22-18(24)29-11-16(25)20-14-10-12(7-8-13(14)19)30(26,27)23(2)3/h5-10H,4,11H2,1-3H3,(H,20,25). The van der Waals surface area contributed by atoms with Crippen molar-refractivity contribution in [2.75, 3.05) is 25.2 Å². The number of amides is 1. The second-order valence-corrected chi connectivity index (χ2v) is 10.7. The first kappa shape index (κ1) is 22.8. The van der Waals surface area contributed by atoms with Crippen LogP contribution in [0.2, 0.25) is 5.02 Å². The van der Waals surface area contributed by atoms with Gasteiger partial charge in [-0.05, 0) is 36.6 Å². The van der Waals surface area contributed by atoms with Gasteiger partial charge in [-0.15, -0.1) is 21.5 Å². The van der Waals surface area contributed by atoms with E-state index < -0.39 is 10.0 Å². The van der Waals surface area contributed by atoms with Crippen LogP contribution in [0.1, 0.15) is 6.92 Å². The molecule has 12 heteroatoms. The lowest BCUT2D eigenvalue weighted by Gasteiger charge is -2.13. The molecule has 0 saturated heterocycles. The van der Waals surface area contributed by atoms with Gasteiger partial charge in [0, 0.05) is 20.6 Å². The lowest BCUT2D eigenvalue weighted by Crippen LogP contribution is -2.22. The van der Waals surface area contributed by atoms with Crippen LogP contribution in [0.15, 0.2) is 45.8 Å². The van der Waals surface area contributed by atoms with E-state index in [4.69, 9.17) is 11.6 Å². The third-order valence-corrected chi connectivity index (χ3v) is 8.07. The zero-order valence-corrected chi connectivity index (χ0v) is 19.7. The van der Waals surface area contributed by atoms with Crippen LogP contribution in [0.25, 0.3) is 10.7 Å². The van der Waals surface area contributed by atoms with Crippen LogP contribution >= 0.6 is 34.7 Å². The van der Waals surface area contributed by atoms with Crippen LogP contribution in [-0.4, -0.2) is 53.2 Å². The molecule has 0 spiro atoms. The second-order valence-electron chi connectivity index (χ2n) is 6.29. The van der Waals surface area contributed by atoms with E-state index in [-0.39, 0.29) is 27.3 Å². The Morgan fingerprint density at radius 3 is 2.70 bits per heavy atom. The molecule has 30 heavy (non-hydrogen) atoms. The summed E-state index contributed by atoms with van der Waals surface area (Å²) in [7, 11) is -0.762. The predicted octanol–water partition coefficient (Wildman–Crippen LogP) is 3.66. The minimum Gasteiger partial charge on any atom is -0.324 e. The van der Waals surface area contributed by atoms with Crippen molar-refractivity contribution in [2.24, 2.45) is 0 Å². The van der Waals surface area contributed by atoms with Crippen molar-refractivity contribution < 1.29 is 13.2 Å². The molecular weight excluding hydrogens is 466 g/mol. The van der Waals surface area contributed by atoms with Gasteiger partial charge in [0.15, 0.2) is 11.0 Å². The van der Waals surface area contributed by atoms with Crippen molar-refractivity contribution in [3.8, 4) is 10.7 Å². The molecule has 0 aliphatic carbocycles. The molecule has 1 aromatic carbocycles. The number of aromatic nitrogens is 3. The number of nitrogens with zero attached hydrogens (tertiary/aromatic N) is 4. The molecule has 1 amide bonds. The average Bonchev–Trinajstić information content (AvgIpc) is 3.36. The molecule has 3 aromatic rings. The average molecular weight is 486 g/mol. The molecular formula is C18H20ClN5O3S3. The molecule has 0 fully saturated rings. The number of anilines is 1. The number of hydrogen-bond donors (Lipinski definition) is 1. The van der Waals surface area contributed by atoms with E-state index in [0.717, 1.165) is 15.0 Å². The molecule has 0 bridgehead atoms. The molecule has 0 atom stereocenters. The zero-order chi connectivity index (χ0) is 21.9. The topological polar surface area (TPSA) is 97.2 Å². The maximum absolute atomic E-state index is 12.5. The largest absolute Gasteiger partial charge is 0.324 e. The van der Waals surface area contributed by atoms with Crippen LogP contribution in [-0.2, 0) is 21.4 Å². The van der Waals surface area contributed by atoms with Crippen molar-refractivity contribution in [3.63, 3.8) is 0 Å². The fraction of sp³-hybridized carbons (Fsp3) is 0.278. The van der Waals surface area contributed by atoms with Crippen LogP contribution < -0.4 is 5.32 Å². The lowest BCUT2D eigenvalue weighted by molar-refractivity contribution is -0.113. The van der Waals surface area contributed by atoms with E-state index in [1.165, 1.54) is 44.1 Å². The van der Waals surface area contributed by atoms with Crippen LogP contribution in [0.3, 0.4) is 0 Å². The maximum atomic E-state index is 12.5. The number of carbonyl (C=O) groups excluding carboxylic acids is 1. The molecule has 3 rings (SSSR count). The Kier molecular flexibility index (Phi) is 7.19. The number of halogens is 1. The van der Waals surface area contributed by atoms with E-state index in [0.29, 0.717) is 11.7 Å². The number of benzene rings is 1. The number of nitrogens with one attached hydrogen (secondary N) is 1. The van der Waals surface area contributed by atoms with Crippen molar-refractivity contribution in [2.45, 2.75) is 23.5 Å². The number of sulfonamides is 1. The molecule has 2 heterocycles. The monoisotopic (exact) mass is 485 g/mol. The second kappa shape index (κ2) is 9.48. The van der Waals surface area contributed by atoms with Crippen LogP contribution in [0, 0.1) is 0 Å². The van der Waals surface area contributed by atoms with Crippen LogP contribution in [0.5, 0.6) is 0 Å². The number of thioether (sulfide) groups is 1.